The van der Waals surface area contributed by atoms with Crippen LogP contribution in [0.2, 0.25) is 0 Å². The van der Waals surface area contributed by atoms with Gasteiger partial charge in [0.05, 0.1) is 15.2 Å². The van der Waals surface area contributed by atoms with Crippen molar-refractivity contribution in [3.63, 3.8) is 0 Å². The van der Waals surface area contributed by atoms with Crippen LogP contribution in [-0.4, -0.2) is 54.3 Å². The summed E-state index contributed by atoms with van der Waals surface area (Å²) in [6.45, 7) is 5.07. The molecule has 2 aliphatic rings. The van der Waals surface area contributed by atoms with E-state index >= 15 is 0 Å². The van der Waals surface area contributed by atoms with Crippen LogP contribution >= 0.6 is 27.3 Å². The first-order chi connectivity index (χ1) is 8.72. The zero-order chi connectivity index (χ0) is 12.5. The van der Waals surface area contributed by atoms with Crippen LogP contribution < -0.4 is 0 Å². The number of Topliss-reactive ketones (excluding diaryl/α,β-unsaturated/α-hetero) is 1. The monoisotopic (exact) mass is 328 g/mol. The summed E-state index contributed by atoms with van der Waals surface area (Å²) in [4.78, 5) is 17.9. The van der Waals surface area contributed by atoms with Crippen molar-refractivity contribution < 1.29 is 4.79 Å². The van der Waals surface area contributed by atoms with Gasteiger partial charge < -0.3 is 0 Å². The average molecular weight is 329 g/mol. The van der Waals surface area contributed by atoms with Crippen LogP contribution in [0.5, 0.6) is 0 Å². The van der Waals surface area contributed by atoms with Crippen LogP contribution in [0.1, 0.15) is 22.5 Å². The lowest BCUT2D eigenvalue weighted by Gasteiger charge is -2.37. The van der Waals surface area contributed by atoms with Gasteiger partial charge in [0, 0.05) is 25.7 Å². The first-order valence-electron chi connectivity index (χ1n) is 6.47. The second kappa shape index (κ2) is 5.41. The van der Waals surface area contributed by atoms with Crippen molar-refractivity contribution in [1.29, 1.82) is 0 Å². The van der Waals surface area contributed by atoms with Crippen molar-refractivity contribution in [3.8, 4) is 0 Å². The molecule has 0 aliphatic carbocycles. The fraction of sp³-hybridized carbons (Fsp3) is 0.615. The number of halogens is 1. The van der Waals surface area contributed by atoms with Gasteiger partial charge in [0.2, 0.25) is 0 Å². The zero-order valence-electron chi connectivity index (χ0n) is 10.3. The lowest BCUT2D eigenvalue weighted by atomic mass is 10.1. The summed E-state index contributed by atoms with van der Waals surface area (Å²) in [5, 5.41) is 0. The topological polar surface area (TPSA) is 23.6 Å². The van der Waals surface area contributed by atoms with E-state index in [-0.39, 0.29) is 5.78 Å². The number of carbonyl (C=O) groups is 1. The number of carbonyl (C=O) groups excluding carboxylic acids is 1. The van der Waals surface area contributed by atoms with E-state index in [4.69, 9.17) is 0 Å². The molecule has 0 radical (unpaired) electrons. The van der Waals surface area contributed by atoms with Crippen LogP contribution in [0.4, 0.5) is 0 Å². The molecule has 0 saturated carbocycles. The minimum atomic E-state index is 0.261. The number of piperazine rings is 1. The molecule has 0 aromatic carbocycles. The third kappa shape index (κ3) is 2.69. The van der Waals surface area contributed by atoms with E-state index in [1.807, 2.05) is 12.1 Å². The average Bonchev–Trinajstić information content (AvgIpc) is 2.96. The highest BCUT2D eigenvalue weighted by atomic mass is 79.9. The summed E-state index contributed by atoms with van der Waals surface area (Å²) in [5.41, 5.74) is 0. The summed E-state index contributed by atoms with van der Waals surface area (Å²) in [6.07, 6.45) is 2.62. The summed E-state index contributed by atoms with van der Waals surface area (Å²) in [7, 11) is 0. The Morgan fingerprint density at radius 3 is 3.06 bits per heavy atom. The summed E-state index contributed by atoms with van der Waals surface area (Å²) in [6, 6.07) is 4.57. The lowest BCUT2D eigenvalue weighted by molar-refractivity contribution is 0.0787. The molecule has 1 atom stereocenters. The number of rotatable bonds is 3. The third-order valence-corrected chi connectivity index (χ3v) is 5.55. The quantitative estimate of drug-likeness (QED) is 0.796. The molecule has 98 valence electrons. The SMILES string of the molecule is O=C(CN1CCN2CCCC2C1)c1ccc(Br)s1. The number of thiophene rings is 1. The van der Waals surface area contributed by atoms with Gasteiger partial charge in [0.15, 0.2) is 5.78 Å². The summed E-state index contributed by atoms with van der Waals surface area (Å²) >= 11 is 4.94. The molecule has 1 unspecified atom stereocenters. The molecule has 1 aromatic heterocycles. The van der Waals surface area contributed by atoms with Gasteiger partial charge in [-0.1, -0.05) is 0 Å². The zero-order valence-corrected chi connectivity index (χ0v) is 12.7. The Morgan fingerprint density at radius 2 is 2.28 bits per heavy atom. The molecule has 18 heavy (non-hydrogen) atoms. The molecule has 2 aliphatic heterocycles. The van der Waals surface area contributed by atoms with Crippen LogP contribution in [0.3, 0.4) is 0 Å². The van der Waals surface area contributed by atoms with Crippen LogP contribution in [0.15, 0.2) is 15.9 Å². The maximum atomic E-state index is 12.2. The first-order valence-corrected chi connectivity index (χ1v) is 8.08. The standard InChI is InChI=1S/C13H17BrN2OS/c14-13-4-3-12(18-13)11(17)9-15-6-7-16-5-1-2-10(16)8-15/h3-4,10H,1-2,5-9H2. The maximum absolute atomic E-state index is 12.2. The molecule has 0 N–H and O–H groups in total. The van der Waals surface area contributed by atoms with Gasteiger partial charge in [-0.25, -0.2) is 0 Å². The van der Waals surface area contributed by atoms with Crippen LogP contribution in [-0.2, 0) is 0 Å². The Hall–Kier alpha value is -0.230. The Kier molecular flexibility index (Phi) is 3.84. The smallest absolute Gasteiger partial charge is 0.186 e. The molecule has 2 saturated heterocycles. The summed E-state index contributed by atoms with van der Waals surface area (Å²) < 4.78 is 1.03. The van der Waals surface area contributed by atoms with Gasteiger partial charge in [-0.2, -0.15) is 0 Å². The third-order valence-electron chi connectivity index (χ3n) is 3.89. The molecule has 3 rings (SSSR count). The highest BCUT2D eigenvalue weighted by molar-refractivity contribution is 9.11. The van der Waals surface area contributed by atoms with E-state index < -0.39 is 0 Å². The van der Waals surface area contributed by atoms with Gasteiger partial charge in [-0.05, 0) is 47.4 Å². The van der Waals surface area contributed by atoms with Crippen molar-refractivity contribution in [2.75, 3.05) is 32.7 Å². The van der Waals surface area contributed by atoms with E-state index in [0.29, 0.717) is 12.6 Å². The largest absolute Gasteiger partial charge is 0.298 e. The van der Waals surface area contributed by atoms with E-state index in [1.54, 1.807) is 0 Å². The molecule has 0 bridgehead atoms. The number of nitrogens with zero attached hydrogens (tertiary/aromatic N) is 2. The molecular formula is C13H17BrN2OS. The molecule has 3 heterocycles. The Balaban J connectivity index is 1.58. The predicted octanol–water partition coefficient (Wildman–Crippen LogP) is 2.47. The van der Waals surface area contributed by atoms with E-state index in [0.717, 1.165) is 28.3 Å². The minimum absolute atomic E-state index is 0.261. The van der Waals surface area contributed by atoms with Gasteiger partial charge in [-0.3, -0.25) is 14.6 Å². The van der Waals surface area contributed by atoms with E-state index in [9.17, 15) is 4.79 Å². The number of fused-ring (bicyclic) bond motifs is 1. The molecule has 2 fully saturated rings. The molecule has 3 nitrogen and oxygen atoms in total. The second-order valence-electron chi connectivity index (χ2n) is 5.09. The van der Waals surface area contributed by atoms with E-state index in [1.165, 1.54) is 30.7 Å². The molecule has 0 spiro atoms. The van der Waals surface area contributed by atoms with Crippen molar-refractivity contribution in [2.24, 2.45) is 0 Å². The predicted molar refractivity (Wildman–Crippen MR) is 77.4 cm³/mol. The molecular weight excluding hydrogens is 312 g/mol. The summed E-state index contributed by atoms with van der Waals surface area (Å²) in [5.74, 6) is 0.261. The highest BCUT2D eigenvalue weighted by Gasteiger charge is 2.31. The first kappa shape index (κ1) is 12.8. The Labute approximate surface area is 120 Å². The molecule has 0 amide bonds. The van der Waals surface area contributed by atoms with E-state index in [2.05, 4.69) is 25.7 Å². The van der Waals surface area contributed by atoms with Crippen LogP contribution in [0.25, 0.3) is 0 Å². The minimum Gasteiger partial charge on any atom is -0.298 e. The Morgan fingerprint density at radius 1 is 1.39 bits per heavy atom. The van der Waals surface area contributed by atoms with Gasteiger partial charge in [-0.15, -0.1) is 11.3 Å². The van der Waals surface area contributed by atoms with Crippen molar-refractivity contribution in [3.05, 3.63) is 20.8 Å². The van der Waals surface area contributed by atoms with Gasteiger partial charge in [0.1, 0.15) is 0 Å². The fourth-order valence-corrected chi connectivity index (χ4v) is 4.26. The van der Waals surface area contributed by atoms with Gasteiger partial charge >= 0.3 is 0 Å². The molecule has 1 aromatic rings. The maximum Gasteiger partial charge on any atom is 0.186 e. The highest BCUT2D eigenvalue weighted by Crippen LogP contribution is 2.24. The van der Waals surface area contributed by atoms with Crippen molar-refractivity contribution in [2.45, 2.75) is 18.9 Å². The number of hydrogen-bond donors (Lipinski definition) is 0. The van der Waals surface area contributed by atoms with Crippen LogP contribution in [0, 0.1) is 0 Å². The van der Waals surface area contributed by atoms with Gasteiger partial charge in [0.25, 0.3) is 0 Å². The van der Waals surface area contributed by atoms with Crippen molar-refractivity contribution in [1.82, 2.24) is 9.80 Å². The number of hydrogen-bond acceptors (Lipinski definition) is 4. The normalized spacial score (nSPS) is 25.3. The lowest BCUT2D eigenvalue weighted by Crippen LogP contribution is -2.51. The fourth-order valence-electron chi connectivity index (χ4n) is 2.94. The van der Waals surface area contributed by atoms with Crippen molar-refractivity contribution >= 4 is 33.0 Å². The molecule has 5 heteroatoms. The Bertz CT molecular complexity index is 448. The second-order valence-corrected chi connectivity index (χ2v) is 7.56. The number of ketones is 1.